The zero-order valence-electron chi connectivity index (χ0n) is 17.1. The van der Waals surface area contributed by atoms with Crippen molar-refractivity contribution in [2.75, 3.05) is 45.3 Å². The first-order chi connectivity index (χ1) is 13.5. The van der Waals surface area contributed by atoms with E-state index in [1.54, 1.807) is 14.2 Å². The highest BCUT2D eigenvalue weighted by Crippen LogP contribution is 2.27. The molecule has 0 aliphatic carbocycles. The summed E-state index contributed by atoms with van der Waals surface area (Å²) in [7, 11) is 3.22. The third-order valence-electron chi connectivity index (χ3n) is 5.16. The van der Waals surface area contributed by atoms with E-state index in [2.05, 4.69) is 42.3 Å². The first-order valence-corrected chi connectivity index (χ1v) is 9.57. The van der Waals surface area contributed by atoms with Crippen molar-refractivity contribution in [1.82, 2.24) is 10.2 Å². The molecule has 1 saturated heterocycles. The van der Waals surface area contributed by atoms with Crippen LogP contribution in [0.15, 0.2) is 36.4 Å². The molecule has 2 aromatic rings. The predicted octanol–water partition coefficient (Wildman–Crippen LogP) is 3.35. The topological polar surface area (TPSA) is 54.0 Å². The van der Waals surface area contributed by atoms with Crippen LogP contribution in [0.4, 0.5) is 10.5 Å². The van der Waals surface area contributed by atoms with Crippen LogP contribution in [0, 0.1) is 13.8 Å². The first-order valence-electron chi connectivity index (χ1n) is 9.57. The smallest absolute Gasteiger partial charge is 0.317 e. The van der Waals surface area contributed by atoms with Crippen LogP contribution in [0.5, 0.6) is 11.5 Å². The number of benzene rings is 2. The first kappa shape index (κ1) is 19.9. The Balaban J connectivity index is 1.53. The molecular formula is C22H29N3O3. The summed E-state index contributed by atoms with van der Waals surface area (Å²) >= 11 is 0. The number of aryl methyl sites for hydroxylation is 2. The third-order valence-corrected chi connectivity index (χ3v) is 5.16. The molecule has 6 nitrogen and oxygen atoms in total. The third kappa shape index (κ3) is 4.50. The summed E-state index contributed by atoms with van der Waals surface area (Å²) in [5, 5.41) is 3.00. The Hall–Kier alpha value is -2.89. The molecule has 1 aliphatic rings. The number of piperazine rings is 1. The quantitative estimate of drug-likeness (QED) is 0.860. The van der Waals surface area contributed by atoms with Gasteiger partial charge in [-0.05, 0) is 48.7 Å². The summed E-state index contributed by atoms with van der Waals surface area (Å²) in [6.45, 7) is 7.81. The van der Waals surface area contributed by atoms with Gasteiger partial charge in [0.05, 0.1) is 14.2 Å². The number of carbonyl (C=O) groups excluding carboxylic acids is 1. The lowest BCUT2D eigenvalue weighted by Gasteiger charge is -2.37. The van der Waals surface area contributed by atoms with Crippen LogP contribution in [0.2, 0.25) is 0 Å². The van der Waals surface area contributed by atoms with Gasteiger partial charge in [0.2, 0.25) is 0 Å². The van der Waals surface area contributed by atoms with Gasteiger partial charge in [0.1, 0.15) is 0 Å². The van der Waals surface area contributed by atoms with Crippen molar-refractivity contribution >= 4 is 11.7 Å². The number of hydrogen-bond donors (Lipinski definition) is 1. The SMILES string of the molecule is COc1ccc(CNC(=O)N2CCN(c3cc(C)ccc3C)CC2)cc1OC. The van der Waals surface area contributed by atoms with E-state index in [1.165, 1.54) is 16.8 Å². The van der Waals surface area contributed by atoms with Crippen molar-refractivity contribution in [2.24, 2.45) is 0 Å². The summed E-state index contributed by atoms with van der Waals surface area (Å²) in [5.74, 6) is 1.34. The van der Waals surface area contributed by atoms with Crippen LogP contribution in [0.25, 0.3) is 0 Å². The molecule has 0 radical (unpaired) electrons. The van der Waals surface area contributed by atoms with Crippen LogP contribution < -0.4 is 19.7 Å². The van der Waals surface area contributed by atoms with Crippen molar-refractivity contribution in [1.29, 1.82) is 0 Å². The van der Waals surface area contributed by atoms with Crippen molar-refractivity contribution in [3.05, 3.63) is 53.1 Å². The van der Waals surface area contributed by atoms with E-state index in [4.69, 9.17) is 9.47 Å². The van der Waals surface area contributed by atoms with Gasteiger partial charge in [-0.15, -0.1) is 0 Å². The van der Waals surface area contributed by atoms with E-state index in [0.717, 1.165) is 18.7 Å². The molecule has 0 saturated carbocycles. The Morgan fingerprint density at radius 1 is 0.964 bits per heavy atom. The zero-order valence-corrected chi connectivity index (χ0v) is 17.1. The minimum atomic E-state index is -0.0320. The van der Waals surface area contributed by atoms with E-state index in [-0.39, 0.29) is 6.03 Å². The highest BCUT2D eigenvalue weighted by Gasteiger charge is 2.22. The van der Waals surface area contributed by atoms with Gasteiger partial charge in [-0.2, -0.15) is 0 Å². The molecule has 0 aromatic heterocycles. The van der Waals surface area contributed by atoms with Gasteiger partial charge in [-0.1, -0.05) is 18.2 Å². The van der Waals surface area contributed by atoms with Gasteiger partial charge in [0.15, 0.2) is 11.5 Å². The second-order valence-electron chi connectivity index (χ2n) is 7.11. The molecule has 6 heteroatoms. The van der Waals surface area contributed by atoms with Crippen molar-refractivity contribution < 1.29 is 14.3 Å². The highest BCUT2D eigenvalue weighted by atomic mass is 16.5. The van der Waals surface area contributed by atoms with Crippen LogP contribution in [0.1, 0.15) is 16.7 Å². The number of hydrogen-bond acceptors (Lipinski definition) is 4. The fourth-order valence-electron chi connectivity index (χ4n) is 3.49. The number of rotatable bonds is 5. The van der Waals surface area contributed by atoms with E-state index >= 15 is 0 Å². The number of nitrogens with one attached hydrogen (secondary N) is 1. The number of ether oxygens (including phenoxy) is 2. The molecule has 3 rings (SSSR count). The fourth-order valence-corrected chi connectivity index (χ4v) is 3.49. The largest absolute Gasteiger partial charge is 0.493 e. The number of urea groups is 1. The summed E-state index contributed by atoms with van der Waals surface area (Å²) in [4.78, 5) is 16.8. The van der Waals surface area contributed by atoms with E-state index in [9.17, 15) is 4.79 Å². The average molecular weight is 383 g/mol. The lowest BCUT2D eigenvalue weighted by atomic mass is 10.1. The number of carbonyl (C=O) groups is 1. The summed E-state index contributed by atoms with van der Waals surface area (Å²) < 4.78 is 10.6. The summed E-state index contributed by atoms with van der Waals surface area (Å²) in [6.07, 6.45) is 0. The molecule has 0 unspecified atom stereocenters. The molecule has 2 aromatic carbocycles. The summed E-state index contributed by atoms with van der Waals surface area (Å²) in [5.41, 5.74) is 4.78. The molecule has 1 aliphatic heterocycles. The van der Waals surface area contributed by atoms with Gasteiger partial charge in [-0.25, -0.2) is 4.79 Å². The molecule has 0 spiro atoms. The van der Waals surface area contributed by atoms with Crippen molar-refractivity contribution in [3.8, 4) is 11.5 Å². The Morgan fingerprint density at radius 2 is 1.68 bits per heavy atom. The maximum Gasteiger partial charge on any atom is 0.317 e. The molecule has 1 fully saturated rings. The van der Waals surface area contributed by atoms with Crippen molar-refractivity contribution in [2.45, 2.75) is 20.4 Å². The van der Waals surface area contributed by atoms with Gasteiger partial charge < -0.3 is 24.6 Å². The predicted molar refractivity (Wildman–Crippen MR) is 111 cm³/mol. The highest BCUT2D eigenvalue weighted by molar-refractivity contribution is 5.74. The zero-order chi connectivity index (χ0) is 20.1. The molecule has 0 atom stereocenters. The van der Waals surface area contributed by atoms with E-state index in [0.29, 0.717) is 31.1 Å². The van der Waals surface area contributed by atoms with E-state index < -0.39 is 0 Å². The number of nitrogens with zero attached hydrogens (tertiary/aromatic N) is 2. The standard InChI is InChI=1S/C22H29N3O3/c1-16-5-6-17(2)19(13-16)24-9-11-25(12-10-24)22(26)23-15-18-7-8-20(27-3)21(14-18)28-4/h5-8,13-14H,9-12,15H2,1-4H3,(H,23,26). The van der Waals surface area contributed by atoms with Gasteiger partial charge >= 0.3 is 6.03 Å². The maximum atomic E-state index is 12.6. The Morgan fingerprint density at radius 3 is 2.36 bits per heavy atom. The van der Waals surface area contributed by atoms with Crippen LogP contribution >= 0.6 is 0 Å². The van der Waals surface area contributed by atoms with Gasteiger partial charge in [0, 0.05) is 38.4 Å². The molecule has 1 heterocycles. The van der Waals surface area contributed by atoms with Gasteiger partial charge in [0.25, 0.3) is 0 Å². The van der Waals surface area contributed by atoms with Crippen LogP contribution in [-0.4, -0.2) is 51.3 Å². The molecule has 28 heavy (non-hydrogen) atoms. The second kappa shape index (κ2) is 8.87. The van der Waals surface area contributed by atoms with Crippen molar-refractivity contribution in [3.63, 3.8) is 0 Å². The molecule has 2 amide bonds. The fraction of sp³-hybridized carbons (Fsp3) is 0.409. The maximum absolute atomic E-state index is 12.6. The Labute approximate surface area is 167 Å². The molecule has 1 N–H and O–H groups in total. The Kier molecular flexibility index (Phi) is 6.29. The monoisotopic (exact) mass is 383 g/mol. The normalized spacial score (nSPS) is 14.0. The molecule has 0 bridgehead atoms. The summed E-state index contributed by atoms with van der Waals surface area (Å²) in [6, 6.07) is 12.2. The lowest BCUT2D eigenvalue weighted by Crippen LogP contribution is -2.51. The number of amides is 2. The lowest BCUT2D eigenvalue weighted by molar-refractivity contribution is 0.194. The minimum absolute atomic E-state index is 0.0320. The average Bonchev–Trinajstić information content (AvgIpc) is 2.73. The molecule has 150 valence electrons. The second-order valence-corrected chi connectivity index (χ2v) is 7.11. The van der Waals surface area contributed by atoms with Gasteiger partial charge in [-0.3, -0.25) is 0 Å². The van der Waals surface area contributed by atoms with Crippen LogP contribution in [0.3, 0.4) is 0 Å². The van der Waals surface area contributed by atoms with Crippen LogP contribution in [-0.2, 0) is 6.54 Å². The van der Waals surface area contributed by atoms with E-state index in [1.807, 2.05) is 23.1 Å². The minimum Gasteiger partial charge on any atom is -0.493 e. The molecular weight excluding hydrogens is 354 g/mol. The Bertz CT molecular complexity index is 830. The number of methoxy groups -OCH3 is 2. The number of anilines is 1.